The molecule has 8 nitrogen and oxygen atoms in total. The van der Waals surface area contributed by atoms with Gasteiger partial charge in [0.15, 0.2) is 0 Å². The van der Waals surface area contributed by atoms with Crippen molar-refractivity contribution in [2.24, 2.45) is 0 Å². The fourth-order valence-corrected chi connectivity index (χ4v) is 4.05. The van der Waals surface area contributed by atoms with Crippen LogP contribution in [-0.4, -0.2) is 40.8 Å². The number of rotatable bonds is 9. The Morgan fingerprint density at radius 3 is 2.52 bits per heavy atom. The highest BCUT2D eigenvalue weighted by atomic mass is 127. The van der Waals surface area contributed by atoms with Crippen molar-refractivity contribution in [1.82, 2.24) is 9.78 Å². The molecule has 0 aliphatic heterocycles. The normalized spacial score (nSPS) is 10.7. The van der Waals surface area contributed by atoms with E-state index in [0.29, 0.717) is 23.5 Å². The number of carbonyl (C=O) groups excluding carboxylic acids is 3. The molecule has 29 heavy (non-hydrogen) atoms. The zero-order valence-corrected chi connectivity index (χ0v) is 19.8. The first-order valence-corrected chi connectivity index (χ1v) is 11.1. The van der Waals surface area contributed by atoms with Crippen LogP contribution in [0.2, 0.25) is 0 Å². The Morgan fingerprint density at radius 1 is 1.21 bits per heavy atom. The number of nitrogens with one attached hydrogen (secondary N) is 1. The van der Waals surface area contributed by atoms with Crippen molar-refractivity contribution in [2.45, 2.75) is 47.1 Å². The number of esters is 2. The summed E-state index contributed by atoms with van der Waals surface area (Å²) in [6.45, 7) is 8.02. The maximum atomic E-state index is 12.5. The van der Waals surface area contributed by atoms with E-state index >= 15 is 0 Å². The van der Waals surface area contributed by atoms with Gasteiger partial charge in [0.2, 0.25) is 5.91 Å². The summed E-state index contributed by atoms with van der Waals surface area (Å²) in [5.74, 6) is -1.38. The molecule has 0 saturated carbocycles. The molecule has 158 valence electrons. The van der Waals surface area contributed by atoms with Crippen LogP contribution in [0.5, 0.6) is 0 Å². The molecule has 10 heteroatoms. The van der Waals surface area contributed by atoms with Gasteiger partial charge in [-0.05, 0) is 55.3 Å². The first-order chi connectivity index (χ1) is 13.8. The second-order valence-corrected chi connectivity index (χ2v) is 8.42. The molecule has 0 aliphatic rings. The van der Waals surface area contributed by atoms with Crippen LogP contribution in [0, 0.1) is 17.4 Å². The molecular weight excluding hydrogens is 509 g/mol. The lowest BCUT2D eigenvalue weighted by atomic mass is 10.1. The molecule has 0 saturated heterocycles. The van der Waals surface area contributed by atoms with Crippen LogP contribution in [0.4, 0.5) is 5.00 Å². The van der Waals surface area contributed by atoms with E-state index < -0.39 is 11.9 Å². The van der Waals surface area contributed by atoms with Crippen LogP contribution in [0.3, 0.4) is 0 Å². The molecule has 0 aliphatic carbocycles. The van der Waals surface area contributed by atoms with E-state index in [1.54, 1.807) is 18.5 Å². The van der Waals surface area contributed by atoms with Gasteiger partial charge in [0.25, 0.3) is 0 Å². The fraction of sp³-hybridized carbons (Fsp3) is 0.474. The third-order valence-corrected chi connectivity index (χ3v) is 6.20. The molecule has 1 amide bonds. The topological polar surface area (TPSA) is 99.5 Å². The molecule has 2 aromatic rings. The van der Waals surface area contributed by atoms with E-state index in [1.807, 2.05) is 20.0 Å². The van der Waals surface area contributed by atoms with Gasteiger partial charge in [-0.15, -0.1) is 11.3 Å². The molecule has 0 atom stereocenters. The van der Waals surface area contributed by atoms with Gasteiger partial charge in [-0.1, -0.05) is 6.92 Å². The van der Waals surface area contributed by atoms with Crippen molar-refractivity contribution in [3.8, 4) is 0 Å². The molecule has 0 radical (unpaired) electrons. The van der Waals surface area contributed by atoms with Crippen LogP contribution >= 0.6 is 33.9 Å². The SMILES string of the molecule is CCCOC(=O)c1c(NC(=O)CCn2cc(I)c(C)n2)sc(C(=O)OCC)c1C. The molecule has 2 rings (SSSR count). The van der Waals surface area contributed by atoms with Gasteiger partial charge in [0.05, 0.1) is 28.0 Å². The number of anilines is 1. The number of hydrogen-bond acceptors (Lipinski definition) is 7. The number of nitrogens with zero attached hydrogens (tertiary/aromatic N) is 2. The monoisotopic (exact) mass is 533 g/mol. The second-order valence-electron chi connectivity index (χ2n) is 6.24. The Kier molecular flexibility index (Phi) is 8.62. The van der Waals surface area contributed by atoms with Crippen LogP contribution in [-0.2, 0) is 20.8 Å². The minimum atomic E-state index is -0.566. The summed E-state index contributed by atoms with van der Waals surface area (Å²) in [5.41, 5.74) is 1.55. The van der Waals surface area contributed by atoms with Crippen molar-refractivity contribution in [1.29, 1.82) is 0 Å². The Hall–Kier alpha value is -1.95. The van der Waals surface area contributed by atoms with Gasteiger partial charge in [0, 0.05) is 19.2 Å². The quantitative estimate of drug-likeness (QED) is 0.388. The fourth-order valence-electron chi connectivity index (χ4n) is 2.52. The maximum Gasteiger partial charge on any atom is 0.348 e. The molecular formula is C19H24IN3O5S. The summed E-state index contributed by atoms with van der Waals surface area (Å²) in [6, 6.07) is 0. The van der Waals surface area contributed by atoms with Crippen molar-refractivity contribution in [3.05, 3.63) is 31.5 Å². The van der Waals surface area contributed by atoms with Crippen molar-refractivity contribution in [2.75, 3.05) is 18.5 Å². The lowest BCUT2D eigenvalue weighted by molar-refractivity contribution is -0.116. The largest absolute Gasteiger partial charge is 0.462 e. The number of ether oxygens (including phenoxy) is 2. The number of halogens is 1. The van der Waals surface area contributed by atoms with E-state index in [-0.39, 0.29) is 36.0 Å². The Balaban J connectivity index is 2.19. The molecule has 2 heterocycles. The number of aromatic nitrogens is 2. The van der Waals surface area contributed by atoms with Gasteiger partial charge in [-0.2, -0.15) is 5.10 Å². The van der Waals surface area contributed by atoms with E-state index in [0.717, 1.165) is 20.6 Å². The number of thiophene rings is 1. The van der Waals surface area contributed by atoms with E-state index in [2.05, 4.69) is 33.0 Å². The second kappa shape index (κ2) is 10.7. The predicted molar refractivity (Wildman–Crippen MR) is 119 cm³/mol. The molecule has 2 aromatic heterocycles. The first-order valence-electron chi connectivity index (χ1n) is 9.25. The summed E-state index contributed by atoms with van der Waals surface area (Å²) >= 11 is 3.21. The average molecular weight is 533 g/mol. The third-order valence-electron chi connectivity index (χ3n) is 3.96. The van der Waals surface area contributed by atoms with Crippen LogP contribution in [0.25, 0.3) is 0 Å². The highest BCUT2D eigenvalue weighted by Gasteiger charge is 2.27. The highest BCUT2D eigenvalue weighted by Crippen LogP contribution is 2.34. The smallest absolute Gasteiger partial charge is 0.348 e. The summed E-state index contributed by atoms with van der Waals surface area (Å²) in [6.07, 6.45) is 2.71. The maximum absolute atomic E-state index is 12.5. The summed E-state index contributed by atoms with van der Waals surface area (Å²) < 4.78 is 13.0. The lowest BCUT2D eigenvalue weighted by Gasteiger charge is -2.08. The average Bonchev–Trinajstić information content (AvgIpc) is 3.17. The van der Waals surface area contributed by atoms with Crippen molar-refractivity contribution < 1.29 is 23.9 Å². The Morgan fingerprint density at radius 2 is 1.93 bits per heavy atom. The van der Waals surface area contributed by atoms with Gasteiger partial charge in [0.1, 0.15) is 9.88 Å². The first kappa shape index (κ1) is 23.3. The molecule has 0 spiro atoms. The zero-order valence-electron chi connectivity index (χ0n) is 16.8. The van der Waals surface area contributed by atoms with Crippen LogP contribution in [0.15, 0.2) is 6.20 Å². The molecule has 1 N–H and O–H groups in total. The summed E-state index contributed by atoms with van der Waals surface area (Å²) in [4.78, 5) is 37.5. The van der Waals surface area contributed by atoms with E-state index in [9.17, 15) is 14.4 Å². The van der Waals surface area contributed by atoms with Gasteiger partial charge in [-0.25, -0.2) is 9.59 Å². The summed E-state index contributed by atoms with van der Waals surface area (Å²) in [7, 11) is 0. The van der Waals surface area contributed by atoms with Gasteiger partial charge >= 0.3 is 11.9 Å². The van der Waals surface area contributed by atoms with Crippen LogP contribution < -0.4 is 5.32 Å². The van der Waals surface area contributed by atoms with E-state index in [4.69, 9.17) is 9.47 Å². The lowest BCUT2D eigenvalue weighted by Crippen LogP contribution is -2.17. The summed E-state index contributed by atoms with van der Waals surface area (Å²) in [5, 5.41) is 7.37. The van der Waals surface area contributed by atoms with E-state index in [1.165, 1.54) is 0 Å². The molecule has 0 fully saturated rings. The van der Waals surface area contributed by atoms with Crippen molar-refractivity contribution in [3.63, 3.8) is 0 Å². The molecule has 0 unspecified atom stereocenters. The Labute approximate surface area is 187 Å². The standard InChI is InChI=1S/C19H24IN3O5S/c1-5-9-28-18(25)15-11(3)16(19(26)27-6-2)29-17(15)21-14(24)7-8-23-10-13(20)12(4)22-23/h10H,5-9H2,1-4H3,(H,21,24). The zero-order chi connectivity index (χ0) is 21.6. The minimum absolute atomic E-state index is 0.173. The number of amides is 1. The molecule has 0 bridgehead atoms. The minimum Gasteiger partial charge on any atom is -0.462 e. The van der Waals surface area contributed by atoms with Crippen molar-refractivity contribution >= 4 is 56.8 Å². The number of carbonyl (C=O) groups is 3. The Bertz CT molecular complexity index is 887. The highest BCUT2D eigenvalue weighted by molar-refractivity contribution is 14.1. The number of hydrogen-bond donors (Lipinski definition) is 1. The molecule has 0 aromatic carbocycles. The third kappa shape index (κ3) is 6.01. The van der Waals surface area contributed by atoms with Gasteiger partial charge in [-0.3, -0.25) is 9.48 Å². The van der Waals surface area contributed by atoms with Gasteiger partial charge < -0.3 is 14.8 Å². The predicted octanol–water partition coefficient (Wildman–Crippen LogP) is 3.94. The number of aryl methyl sites for hydroxylation is 2. The van der Waals surface area contributed by atoms with Crippen LogP contribution in [0.1, 0.15) is 58.0 Å².